The normalized spacial score (nSPS) is 11.1. The van der Waals surface area contributed by atoms with Gasteiger partial charge in [0, 0.05) is 26.9 Å². The van der Waals surface area contributed by atoms with Crippen molar-refractivity contribution in [2.75, 3.05) is 0 Å². The Hall–Kier alpha value is -2.58. The van der Waals surface area contributed by atoms with E-state index in [1.54, 1.807) is 0 Å². The van der Waals surface area contributed by atoms with Gasteiger partial charge >= 0.3 is 0 Å². The van der Waals surface area contributed by atoms with Crippen LogP contribution < -0.4 is 0 Å². The van der Waals surface area contributed by atoms with Gasteiger partial charge in [-0.15, -0.1) is 0 Å². The van der Waals surface area contributed by atoms with E-state index in [0.29, 0.717) is 10.6 Å². The maximum atomic E-state index is 11.6. The van der Waals surface area contributed by atoms with Gasteiger partial charge in [0.25, 0.3) is 0 Å². The van der Waals surface area contributed by atoms with Gasteiger partial charge in [0.2, 0.25) is 0 Å². The molecular weight excluding hydrogens is 294 g/mol. The van der Waals surface area contributed by atoms with Crippen LogP contribution in [0.1, 0.15) is 10.4 Å². The molecule has 3 aromatic carbocycles. The number of H-pyrrole nitrogens is 1. The second-order valence-corrected chi connectivity index (χ2v) is 5.69. The van der Waals surface area contributed by atoms with Crippen LogP contribution in [0, 0.1) is 0 Å². The highest BCUT2D eigenvalue weighted by Crippen LogP contribution is 2.34. The lowest BCUT2D eigenvalue weighted by Crippen LogP contribution is -1.84. The zero-order valence-corrected chi connectivity index (χ0v) is 12.4. The molecule has 0 aliphatic carbocycles. The van der Waals surface area contributed by atoms with E-state index in [9.17, 15) is 4.79 Å². The van der Waals surface area contributed by atoms with Crippen molar-refractivity contribution >= 4 is 39.6 Å². The molecule has 1 heterocycles. The third-order valence-corrected chi connectivity index (χ3v) is 4.20. The lowest BCUT2D eigenvalue weighted by Gasteiger charge is -2.00. The Morgan fingerprint density at radius 3 is 2.59 bits per heavy atom. The van der Waals surface area contributed by atoms with E-state index in [4.69, 9.17) is 11.6 Å². The van der Waals surface area contributed by atoms with Gasteiger partial charge < -0.3 is 4.98 Å². The Kier molecular flexibility index (Phi) is 2.98. The number of halogens is 1. The molecule has 0 bridgehead atoms. The number of benzene rings is 3. The summed E-state index contributed by atoms with van der Waals surface area (Å²) in [6.45, 7) is 0. The summed E-state index contributed by atoms with van der Waals surface area (Å²) >= 11 is 6.08. The second kappa shape index (κ2) is 5.00. The van der Waals surface area contributed by atoms with Crippen molar-refractivity contribution in [2.45, 2.75) is 0 Å². The first-order valence-electron chi connectivity index (χ1n) is 7.02. The summed E-state index contributed by atoms with van der Waals surface area (Å²) in [5, 5.41) is 3.84. The molecular formula is C19H12ClNO. The third kappa shape index (κ3) is 1.92. The minimum absolute atomic E-state index is 0.651. The zero-order valence-electron chi connectivity index (χ0n) is 11.6. The fourth-order valence-corrected chi connectivity index (χ4v) is 3.14. The van der Waals surface area contributed by atoms with Crippen LogP contribution in [-0.4, -0.2) is 11.3 Å². The van der Waals surface area contributed by atoms with Crippen LogP contribution in [0.25, 0.3) is 32.9 Å². The molecule has 0 saturated heterocycles. The number of aromatic nitrogens is 1. The number of fused-ring (bicyclic) bond motifs is 3. The monoisotopic (exact) mass is 305 g/mol. The molecule has 0 spiro atoms. The van der Waals surface area contributed by atoms with Gasteiger partial charge in [-0.1, -0.05) is 60.1 Å². The van der Waals surface area contributed by atoms with E-state index in [0.717, 1.165) is 39.2 Å². The molecule has 1 N–H and O–H groups in total. The van der Waals surface area contributed by atoms with E-state index >= 15 is 0 Å². The molecule has 0 unspecified atom stereocenters. The number of carbonyl (C=O) groups excluding carboxylic acids is 1. The number of hydrogen-bond acceptors (Lipinski definition) is 1. The molecule has 0 aliphatic rings. The van der Waals surface area contributed by atoms with Gasteiger partial charge in [0.15, 0.2) is 6.29 Å². The minimum atomic E-state index is 0.651. The quantitative estimate of drug-likeness (QED) is 0.490. The van der Waals surface area contributed by atoms with Crippen molar-refractivity contribution in [3.05, 3.63) is 71.2 Å². The molecule has 22 heavy (non-hydrogen) atoms. The lowest BCUT2D eigenvalue weighted by molar-refractivity contribution is 0.112. The summed E-state index contributed by atoms with van der Waals surface area (Å²) < 4.78 is 0. The largest absolute Gasteiger partial charge is 0.353 e. The molecule has 1 aromatic heterocycles. The minimum Gasteiger partial charge on any atom is -0.353 e. The lowest BCUT2D eigenvalue weighted by atomic mass is 10.0. The molecule has 0 amide bonds. The first-order valence-corrected chi connectivity index (χ1v) is 7.40. The predicted octanol–water partition coefficient (Wildman–Crippen LogP) is 5.45. The maximum Gasteiger partial charge on any atom is 0.152 e. The summed E-state index contributed by atoms with van der Waals surface area (Å²) in [6, 6.07) is 19.7. The van der Waals surface area contributed by atoms with Crippen molar-refractivity contribution in [1.82, 2.24) is 4.98 Å². The van der Waals surface area contributed by atoms with Crippen molar-refractivity contribution in [2.24, 2.45) is 0 Å². The van der Waals surface area contributed by atoms with Gasteiger partial charge in [-0.05, 0) is 17.5 Å². The van der Waals surface area contributed by atoms with Crippen molar-refractivity contribution in [1.29, 1.82) is 0 Å². The molecule has 0 radical (unpaired) electrons. The van der Waals surface area contributed by atoms with Crippen LogP contribution in [0.4, 0.5) is 0 Å². The average molecular weight is 306 g/mol. The number of aromatic amines is 1. The molecule has 2 nitrogen and oxygen atoms in total. The molecule has 0 fully saturated rings. The number of rotatable bonds is 2. The molecule has 106 valence electrons. The van der Waals surface area contributed by atoms with Gasteiger partial charge in [-0.3, -0.25) is 4.79 Å². The van der Waals surface area contributed by atoms with E-state index in [2.05, 4.69) is 17.1 Å². The fraction of sp³-hybridized carbons (Fsp3) is 0. The van der Waals surface area contributed by atoms with Crippen molar-refractivity contribution < 1.29 is 4.79 Å². The summed E-state index contributed by atoms with van der Waals surface area (Å²) in [5.41, 5.74) is 3.37. The molecule has 4 aromatic rings. The molecule has 3 heteroatoms. The summed E-state index contributed by atoms with van der Waals surface area (Å²) in [5.74, 6) is 0. The zero-order chi connectivity index (χ0) is 15.1. The van der Waals surface area contributed by atoms with Gasteiger partial charge in [-0.25, -0.2) is 0 Å². The molecule has 0 atom stereocenters. The molecule has 0 saturated carbocycles. The standard InChI is InChI=1S/C19H12ClNO/c20-14-6-3-5-13(10-14)18-17(11-22)16-9-8-12-4-1-2-7-15(12)19(16)21-18/h1-11,21H. The number of carbonyl (C=O) groups is 1. The van der Waals surface area contributed by atoms with E-state index < -0.39 is 0 Å². The van der Waals surface area contributed by atoms with Crippen LogP contribution in [0.5, 0.6) is 0 Å². The third-order valence-electron chi connectivity index (χ3n) is 3.97. The van der Waals surface area contributed by atoms with Gasteiger partial charge in [0.1, 0.15) is 0 Å². The van der Waals surface area contributed by atoms with Crippen LogP contribution in [0.2, 0.25) is 5.02 Å². The fourth-order valence-electron chi connectivity index (χ4n) is 2.95. The van der Waals surface area contributed by atoms with Gasteiger partial charge in [0.05, 0.1) is 11.2 Å². The highest BCUT2D eigenvalue weighted by atomic mass is 35.5. The summed E-state index contributed by atoms with van der Waals surface area (Å²) in [6.07, 6.45) is 0.907. The first kappa shape index (κ1) is 13.1. The SMILES string of the molecule is O=Cc1c(-c2cccc(Cl)c2)[nH]c2c1ccc1ccccc12. The Morgan fingerprint density at radius 1 is 0.909 bits per heavy atom. The van der Waals surface area contributed by atoms with Gasteiger partial charge in [-0.2, -0.15) is 0 Å². The smallest absolute Gasteiger partial charge is 0.152 e. The highest BCUT2D eigenvalue weighted by Gasteiger charge is 2.14. The molecule has 4 rings (SSSR count). The van der Waals surface area contributed by atoms with E-state index in [1.807, 2.05) is 48.5 Å². The van der Waals surface area contributed by atoms with E-state index in [1.165, 1.54) is 0 Å². The second-order valence-electron chi connectivity index (χ2n) is 5.25. The summed E-state index contributed by atoms with van der Waals surface area (Å²) in [4.78, 5) is 15.1. The Morgan fingerprint density at radius 2 is 1.77 bits per heavy atom. The maximum absolute atomic E-state index is 11.6. The van der Waals surface area contributed by atoms with Crippen molar-refractivity contribution in [3.63, 3.8) is 0 Å². The first-order chi connectivity index (χ1) is 10.8. The van der Waals surface area contributed by atoms with Crippen LogP contribution in [0.15, 0.2) is 60.7 Å². The van der Waals surface area contributed by atoms with Crippen LogP contribution in [0.3, 0.4) is 0 Å². The van der Waals surface area contributed by atoms with Crippen molar-refractivity contribution in [3.8, 4) is 11.3 Å². The van der Waals surface area contributed by atoms with E-state index in [-0.39, 0.29) is 0 Å². The topological polar surface area (TPSA) is 32.9 Å². The predicted molar refractivity (Wildman–Crippen MR) is 91.6 cm³/mol. The summed E-state index contributed by atoms with van der Waals surface area (Å²) in [7, 11) is 0. The number of aldehydes is 1. The average Bonchev–Trinajstić information content (AvgIpc) is 2.94. The Bertz CT molecular complexity index is 1020. The van der Waals surface area contributed by atoms with Crippen LogP contribution >= 0.6 is 11.6 Å². The Balaban J connectivity index is 2.11. The van der Waals surface area contributed by atoms with Crippen LogP contribution in [-0.2, 0) is 0 Å². The highest BCUT2D eigenvalue weighted by molar-refractivity contribution is 6.31. The Labute approximate surface area is 132 Å². The molecule has 0 aliphatic heterocycles. The number of hydrogen-bond donors (Lipinski definition) is 1. The number of nitrogens with one attached hydrogen (secondary N) is 1.